The van der Waals surface area contributed by atoms with E-state index in [4.69, 9.17) is 14.6 Å². The van der Waals surface area contributed by atoms with Crippen molar-refractivity contribution in [1.82, 2.24) is 10.3 Å². The lowest BCUT2D eigenvalue weighted by Crippen LogP contribution is -2.25. The number of carboxylic acid groups (broad SMARTS) is 1. The number of benzene rings is 1. The van der Waals surface area contributed by atoms with Crippen molar-refractivity contribution in [2.24, 2.45) is 0 Å². The Morgan fingerprint density at radius 1 is 1.26 bits per heavy atom. The average Bonchev–Trinajstić information content (AvgIpc) is 3.03. The summed E-state index contributed by atoms with van der Waals surface area (Å²) in [5.41, 5.74) is 0.476. The number of methoxy groups -OCH3 is 2. The van der Waals surface area contributed by atoms with Gasteiger partial charge in [-0.15, -0.1) is 11.3 Å². The topological polar surface area (TPSA) is 97.8 Å². The van der Waals surface area contributed by atoms with Crippen LogP contribution < -0.4 is 14.8 Å². The number of carbonyl (C=O) groups is 2. The Hall–Kier alpha value is -2.61. The van der Waals surface area contributed by atoms with Crippen LogP contribution in [0.5, 0.6) is 11.5 Å². The van der Waals surface area contributed by atoms with Crippen molar-refractivity contribution < 1.29 is 24.2 Å². The molecule has 122 valence electrons. The van der Waals surface area contributed by atoms with Crippen molar-refractivity contribution >= 4 is 23.2 Å². The molecule has 2 N–H and O–H groups in total. The highest BCUT2D eigenvalue weighted by Gasteiger charge is 2.12. The first kappa shape index (κ1) is 16.8. The van der Waals surface area contributed by atoms with Gasteiger partial charge in [0.25, 0.3) is 5.91 Å². The first-order valence-corrected chi connectivity index (χ1v) is 7.61. The molecule has 0 aliphatic rings. The number of thiazole rings is 1. The zero-order valence-electron chi connectivity index (χ0n) is 12.7. The Bertz CT molecular complexity index is 714. The van der Waals surface area contributed by atoms with E-state index in [1.807, 2.05) is 0 Å². The molecule has 0 fully saturated rings. The van der Waals surface area contributed by atoms with Gasteiger partial charge in [0.2, 0.25) is 0 Å². The summed E-state index contributed by atoms with van der Waals surface area (Å²) in [5, 5.41) is 13.7. The van der Waals surface area contributed by atoms with Gasteiger partial charge in [-0.3, -0.25) is 4.79 Å². The molecule has 7 nitrogen and oxygen atoms in total. The lowest BCUT2D eigenvalue weighted by Gasteiger charge is -2.09. The summed E-state index contributed by atoms with van der Waals surface area (Å²) in [7, 11) is 3.03. The monoisotopic (exact) mass is 336 g/mol. The molecule has 0 spiro atoms. The van der Waals surface area contributed by atoms with Crippen LogP contribution in [-0.4, -0.2) is 42.7 Å². The van der Waals surface area contributed by atoms with Crippen LogP contribution in [0.4, 0.5) is 0 Å². The highest BCUT2D eigenvalue weighted by atomic mass is 32.1. The van der Waals surface area contributed by atoms with Gasteiger partial charge in [-0.2, -0.15) is 0 Å². The van der Waals surface area contributed by atoms with Crippen molar-refractivity contribution in [3.05, 3.63) is 39.8 Å². The third-order valence-electron chi connectivity index (χ3n) is 3.04. The van der Waals surface area contributed by atoms with Crippen LogP contribution in [-0.2, 0) is 6.42 Å². The maximum Gasteiger partial charge on any atom is 0.355 e. The smallest absolute Gasteiger partial charge is 0.355 e. The number of hydrogen-bond acceptors (Lipinski definition) is 6. The number of aromatic nitrogens is 1. The molecule has 0 aliphatic carbocycles. The summed E-state index contributed by atoms with van der Waals surface area (Å²) in [6, 6.07) is 4.90. The fourth-order valence-corrected chi connectivity index (χ4v) is 2.66. The van der Waals surface area contributed by atoms with Crippen molar-refractivity contribution in [2.45, 2.75) is 6.42 Å². The normalized spacial score (nSPS) is 10.2. The van der Waals surface area contributed by atoms with Crippen LogP contribution in [0.25, 0.3) is 0 Å². The van der Waals surface area contributed by atoms with Crippen LogP contribution in [0.1, 0.15) is 25.9 Å². The number of aromatic carboxylic acids is 1. The third kappa shape index (κ3) is 4.19. The zero-order chi connectivity index (χ0) is 16.8. The average molecular weight is 336 g/mol. The highest BCUT2D eigenvalue weighted by Crippen LogP contribution is 2.27. The van der Waals surface area contributed by atoms with E-state index in [-0.39, 0.29) is 11.6 Å². The second-order valence-corrected chi connectivity index (χ2v) is 5.45. The minimum absolute atomic E-state index is 0.0243. The van der Waals surface area contributed by atoms with Crippen molar-refractivity contribution in [3.8, 4) is 11.5 Å². The quantitative estimate of drug-likeness (QED) is 0.800. The van der Waals surface area contributed by atoms with E-state index in [2.05, 4.69) is 10.3 Å². The van der Waals surface area contributed by atoms with Gasteiger partial charge in [-0.1, -0.05) is 0 Å². The molecule has 0 bridgehead atoms. The van der Waals surface area contributed by atoms with Gasteiger partial charge >= 0.3 is 5.97 Å². The van der Waals surface area contributed by atoms with Gasteiger partial charge in [0.1, 0.15) is 0 Å². The first-order chi connectivity index (χ1) is 11.0. The molecule has 8 heteroatoms. The van der Waals surface area contributed by atoms with Crippen LogP contribution >= 0.6 is 11.3 Å². The highest BCUT2D eigenvalue weighted by molar-refractivity contribution is 7.09. The lowest BCUT2D eigenvalue weighted by molar-refractivity contribution is 0.0690. The summed E-state index contributed by atoms with van der Waals surface area (Å²) in [4.78, 5) is 26.8. The molecular formula is C15H16N2O5S. The third-order valence-corrected chi connectivity index (χ3v) is 3.95. The Kier molecular flexibility index (Phi) is 5.53. The Balaban J connectivity index is 1.92. The molecule has 0 radical (unpaired) electrons. The second kappa shape index (κ2) is 7.59. The van der Waals surface area contributed by atoms with Crippen LogP contribution in [0.2, 0.25) is 0 Å². The summed E-state index contributed by atoms with van der Waals surface area (Å²) < 4.78 is 10.3. The van der Waals surface area contributed by atoms with E-state index in [1.165, 1.54) is 30.9 Å². The molecule has 2 aromatic rings. The number of carboxylic acids is 1. The van der Waals surface area contributed by atoms with Crippen LogP contribution in [0, 0.1) is 0 Å². The molecule has 23 heavy (non-hydrogen) atoms. The van der Waals surface area contributed by atoms with E-state index in [0.29, 0.717) is 35.0 Å². The van der Waals surface area contributed by atoms with Gasteiger partial charge in [-0.05, 0) is 18.2 Å². The number of carbonyl (C=O) groups excluding carboxylic acids is 1. The van der Waals surface area contributed by atoms with E-state index < -0.39 is 5.97 Å². The largest absolute Gasteiger partial charge is 0.493 e. The molecule has 1 heterocycles. The molecule has 0 saturated heterocycles. The predicted molar refractivity (Wildman–Crippen MR) is 84.7 cm³/mol. The zero-order valence-corrected chi connectivity index (χ0v) is 13.5. The minimum atomic E-state index is -1.05. The maximum absolute atomic E-state index is 12.1. The number of rotatable bonds is 7. The molecule has 0 unspecified atom stereocenters. The number of ether oxygens (including phenoxy) is 2. The molecule has 1 aromatic carbocycles. The van der Waals surface area contributed by atoms with Gasteiger partial charge in [0, 0.05) is 23.9 Å². The van der Waals surface area contributed by atoms with Gasteiger partial charge < -0.3 is 19.9 Å². The predicted octanol–water partition coefficient (Wildman–Crippen LogP) is 1.83. The van der Waals surface area contributed by atoms with Crippen molar-refractivity contribution in [3.63, 3.8) is 0 Å². The molecule has 1 aromatic heterocycles. The summed E-state index contributed by atoms with van der Waals surface area (Å²) in [6.45, 7) is 0.361. The van der Waals surface area contributed by atoms with Crippen molar-refractivity contribution in [2.75, 3.05) is 20.8 Å². The number of hydrogen-bond donors (Lipinski definition) is 2. The van der Waals surface area contributed by atoms with Crippen LogP contribution in [0.15, 0.2) is 23.6 Å². The minimum Gasteiger partial charge on any atom is -0.493 e. The molecular weight excluding hydrogens is 320 g/mol. The van der Waals surface area contributed by atoms with E-state index in [0.717, 1.165) is 0 Å². The second-order valence-electron chi connectivity index (χ2n) is 4.51. The molecule has 0 atom stereocenters. The number of amides is 1. The van der Waals surface area contributed by atoms with Crippen molar-refractivity contribution in [1.29, 1.82) is 0 Å². The summed E-state index contributed by atoms with van der Waals surface area (Å²) >= 11 is 1.26. The summed E-state index contributed by atoms with van der Waals surface area (Å²) in [6.07, 6.45) is 0.469. The standard InChI is InChI=1S/C15H16N2O5S/c1-21-11-4-3-9(7-12(11)22-2)14(18)16-6-5-13-17-10(8-23-13)15(19)20/h3-4,7-8H,5-6H2,1-2H3,(H,16,18)(H,19,20). The van der Waals surface area contributed by atoms with Gasteiger partial charge in [0.05, 0.1) is 19.2 Å². The first-order valence-electron chi connectivity index (χ1n) is 6.73. The molecule has 2 rings (SSSR count). The fourth-order valence-electron chi connectivity index (χ4n) is 1.89. The Labute approximate surface area is 136 Å². The summed E-state index contributed by atoms with van der Waals surface area (Å²) in [5.74, 6) is -0.276. The Morgan fingerprint density at radius 2 is 2.00 bits per heavy atom. The number of nitrogens with zero attached hydrogens (tertiary/aromatic N) is 1. The Morgan fingerprint density at radius 3 is 2.61 bits per heavy atom. The molecule has 0 saturated carbocycles. The molecule has 1 amide bonds. The SMILES string of the molecule is COc1ccc(C(=O)NCCc2nc(C(=O)O)cs2)cc1OC. The number of nitrogens with one attached hydrogen (secondary N) is 1. The van der Waals surface area contributed by atoms with E-state index in [1.54, 1.807) is 18.2 Å². The lowest BCUT2D eigenvalue weighted by atomic mass is 10.2. The molecule has 0 aliphatic heterocycles. The van der Waals surface area contributed by atoms with Gasteiger partial charge in [-0.25, -0.2) is 9.78 Å². The van der Waals surface area contributed by atoms with Gasteiger partial charge in [0.15, 0.2) is 17.2 Å². The van der Waals surface area contributed by atoms with E-state index in [9.17, 15) is 9.59 Å². The maximum atomic E-state index is 12.1. The van der Waals surface area contributed by atoms with E-state index >= 15 is 0 Å². The fraction of sp³-hybridized carbons (Fsp3) is 0.267. The van der Waals surface area contributed by atoms with Crippen LogP contribution in [0.3, 0.4) is 0 Å².